The van der Waals surface area contributed by atoms with E-state index in [-0.39, 0.29) is 5.91 Å². The topological polar surface area (TPSA) is 53.6 Å². The Kier molecular flexibility index (Phi) is 7.11. The molecule has 0 aliphatic rings. The molecule has 0 aliphatic heterocycles. The third-order valence-corrected chi connectivity index (χ3v) is 4.45. The van der Waals surface area contributed by atoms with Crippen molar-refractivity contribution in [1.82, 2.24) is 0 Å². The zero-order chi connectivity index (χ0) is 20.5. The van der Waals surface area contributed by atoms with E-state index < -0.39 is 0 Å². The lowest BCUT2D eigenvalue weighted by atomic mass is 10.2. The Morgan fingerprint density at radius 3 is 2.17 bits per heavy atom. The molecule has 0 aromatic heterocycles. The van der Waals surface area contributed by atoms with E-state index in [9.17, 15) is 4.79 Å². The number of nitrogens with one attached hydrogen (secondary N) is 2. The highest BCUT2D eigenvalue weighted by Crippen LogP contribution is 2.18. The summed E-state index contributed by atoms with van der Waals surface area (Å²) >= 11 is 0. The normalized spacial score (nSPS) is 10.3. The molecule has 0 aliphatic carbocycles. The third-order valence-electron chi connectivity index (χ3n) is 4.45. The quantitative estimate of drug-likeness (QED) is 0.553. The van der Waals surface area contributed by atoms with Crippen molar-refractivity contribution in [1.29, 1.82) is 0 Å². The number of hydrogen-bond donors (Lipinski definition) is 2. The Morgan fingerprint density at radius 2 is 1.52 bits per heavy atom. The lowest BCUT2D eigenvalue weighted by Crippen LogP contribution is -2.16. The van der Waals surface area contributed by atoms with E-state index in [1.54, 1.807) is 0 Å². The largest absolute Gasteiger partial charge is 0.489 e. The molecule has 5 nitrogen and oxygen atoms in total. The Morgan fingerprint density at radius 1 is 0.862 bits per heavy atom. The van der Waals surface area contributed by atoms with Crippen LogP contribution in [0.25, 0.3) is 0 Å². The lowest BCUT2D eigenvalue weighted by molar-refractivity contribution is -0.115. The van der Waals surface area contributed by atoms with Gasteiger partial charge in [0.25, 0.3) is 0 Å². The fraction of sp³-hybridized carbons (Fsp3) is 0.208. The summed E-state index contributed by atoms with van der Waals surface area (Å²) in [6.45, 7) is 1.10. The number of benzene rings is 3. The molecule has 1 amide bonds. The zero-order valence-electron chi connectivity index (χ0n) is 16.9. The highest BCUT2D eigenvalue weighted by Gasteiger charge is 2.04. The van der Waals surface area contributed by atoms with Gasteiger partial charge in [-0.2, -0.15) is 0 Å². The molecule has 150 valence electrons. The van der Waals surface area contributed by atoms with Gasteiger partial charge in [0, 0.05) is 44.1 Å². The molecule has 5 heteroatoms. The summed E-state index contributed by atoms with van der Waals surface area (Å²) in [5.74, 6) is 0.745. The van der Waals surface area contributed by atoms with Gasteiger partial charge < -0.3 is 20.3 Å². The van der Waals surface area contributed by atoms with Gasteiger partial charge in [-0.1, -0.05) is 30.3 Å². The van der Waals surface area contributed by atoms with Crippen LogP contribution in [0.1, 0.15) is 12.0 Å². The summed E-state index contributed by atoms with van der Waals surface area (Å²) < 4.78 is 5.76. The standard InChI is InChI=1S/C24H27N3O2/c1-27(2)22-12-8-20(9-13-22)25-17-16-24(28)26-21-10-14-23(15-11-21)29-18-19-6-4-3-5-7-19/h3-15,25H,16-18H2,1-2H3,(H,26,28). The van der Waals surface area contributed by atoms with E-state index in [0.29, 0.717) is 19.6 Å². The van der Waals surface area contributed by atoms with Crippen LogP contribution >= 0.6 is 0 Å². The van der Waals surface area contributed by atoms with Gasteiger partial charge in [0.2, 0.25) is 5.91 Å². The van der Waals surface area contributed by atoms with Crippen molar-refractivity contribution in [2.75, 3.05) is 36.2 Å². The van der Waals surface area contributed by atoms with Crippen molar-refractivity contribution in [3.05, 3.63) is 84.4 Å². The summed E-state index contributed by atoms with van der Waals surface area (Å²) in [5, 5.41) is 6.18. The van der Waals surface area contributed by atoms with Crippen LogP contribution in [-0.2, 0) is 11.4 Å². The van der Waals surface area contributed by atoms with Crippen molar-refractivity contribution < 1.29 is 9.53 Å². The molecule has 3 aromatic carbocycles. The van der Waals surface area contributed by atoms with E-state index in [0.717, 1.165) is 28.4 Å². The number of rotatable bonds is 9. The van der Waals surface area contributed by atoms with Crippen LogP contribution < -0.4 is 20.3 Å². The monoisotopic (exact) mass is 389 g/mol. The van der Waals surface area contributed by atoms with Gasteiger partial charge in [0.05, 0.1) is 0 Å². The minimum Gasteiger partial charge on any atom is -0.489 e. The fourth-order valence-corrected chi connectivity index (χ4v) is 2.80. The molecule has 0 unspecified atom stereocenters. The zero-order valence-corrected chi connectivity index (χ0v) is 16.9. The minimum atomic E-state index is -0.0274. The maximum atomic E-state index is 12.2. The van der Waals surface area contributed by atoms with E-state index in [2.05, 4.69) is 15.5 Å². The molecule has 0 radical (unpaired) electrons. The predicted octanol–water partition coefficient (Wildman–Crippen LogP) is 4.77. The third kappa shape index (κ3) is 6.57. The van der Waals surface area contributed by atoms with Gasteiger partial charge >= 0.3 is 0 Å². The molecule has 0 atom stereocenters. The van der Waals surface area contributed by atoms with Crippen LogP contribution in [0.5, 0.6) is 5.75 Å². The highest BCUT2D eigenvalue weighted by molar-refractivity contribution is 5.91. The Balaban J connectivity index is 1.39. The fourth-order valence-electron chi connectivity index (χ4n) is 2.80. The molecule has 3 aromatic rings. The Hall–Kier alpha value is -3.47. The lowest BCUT2D eigenvalue weighted by Gasteiger charge is -2.13. The van der Waals surface area contributed by atoms with Crippen LogP contribution in [0.3, 0.4) is 0 Å². The van der Waals surface area contributed by atoms with Crippen LogP contribution in [0.4, 0.5) is 17.1 Å². The van der Waals surface area contributed by atoms with Crippen LogP contribution in [0.15, 0.2) is 78.9 Å². The van der Waals surface area contributed by atoms with Crippen molar-refractivity contribution >= 4 is 23.0 Å². The molecule has 3 rings (SSSR count). The summed E-state index contributed by atoms with van der Waals surface area (Å²) in [7, 11) is 4.02. The number of carbonyl (C=O) groups excluding carboxylic acids is 1. The molecule has 0 fully saturated rings. The molecule has 0 spiro atoms. The summed E-state index contributed by atoms with van der Waals surface area (Å²) in [4.78, 5) is 14.2. The minimum absolute atomic E-state index is 0.0274. The first kappa shape index (κ1) is 20.3. The van der Waals surface area contributed by atoms with Gasteiger partial charge in [-0.25, -0.2) is 0 Å². The van der Waals surface area contributed by atoms with Gasteiger partial charge in [0.1, 0.15) is 12.4 Å². The number of ether oxygens (including phenoxy) is 1. The van der Waals surface area contributed by atoms with Crippen molar-refractivity contribution in [3.63, 3.8) is 0 Å². The second kappa shape index (κ2) is 10.2. The van der Waals surface area contributed by atoms with Crippen molar-refractivity contribution in [2.24, 2.45) is 0 Å². The van der Waals surface area contributed by atoms with Gasteiger partial charge in [-0.15, -0.1) is 0 Å². The molecule has 0 saturated carbocycles. The van der Waals surface area contributed by atoms with Crippen molar-refractivity contribution in [3.8, 4) is 5.75 Å². The summed E-state index contributed by atoms with van der Waals surface area (Å²) in [5.41, 5.74) is 4.03. The van der Waals surface area contributed by atoms with Gasteiger partial charge in [0.15, 0.2) is 0 Å². The SMILES string of the molecule is CN(C)c1ccc(NCCC(=O)Nc2ccc(OCc3ccccc3)cc2)cc1. The number of carbonyl (C=O) groups is 1. The maximum Gasteiger partial charge on any atom is 0.226 e. The molecule has 0 saturated heterocycles. The van der Waals surface area contributed by atoms with Crippen LogP contribution in [0.2, 0.25) is 0 Å². The van der Waals surface area contributed by atoms with Gasteiger partial charge in [-0.05, 0) is 54.1 Å². The van der Waals surface area contributed by atoms with E-state index >= 15 is 0 Å². The summed E-state index contributed by atoms with van der Waals surface area (Å²) in [6, 6.07) is 25.6. The maximum absolute atomic E-state index is 12.2. The van der Waals surface area contributed by atoms with Crippen molar-refractivity contribution in [2.45, 2.75) is 13.0 Å². The molecule has 0 bridgehead atoms. The van der Waals surface area contributed by atoms with Gasteiger partial charge in [-0.3, -0.25) is 4.79 Å². The first-order valence-corrected chi connectivity index (χ1v) is 9.68. The van der Waals surface area contributed by atoms with E-state index in [1.807, 2.05) is 93.0 Å². The molecule has 0 heterocycles. The second-order valence-electron chi connectivity index (χ2n) is 6.96. The number of anilines is 3. The van der Waals surface area contributed by atoms with Crippen LogP contribution in [-0.4, -0.2) is 26.5 Å². The Labute approximate surface area is 172 Å². The predicted molar refractivity (Wildman–Crippen MR) is 120 cm³/mol. The second-order valence-corrected chi connectivity index (χ2v) is 6.96. The highest BCUT2D eigenvalue weighted by atomic mass is 16.5. The molecular formula is C24H27N3O2. The number of hydrogen-bond acceptors (Lipinski definition) is 4. The average Bonchev–Trinajstić information content (AvgIpc) is 2.74. The Bertz CT molecular complexity index is 892. The average molecular weight is 389 g/mol. The molecule has 29 heavy (non-hydrogen) atoms. The molecular weight excluding hydrogens is 362 g/mol. The first-order valence-electron chi connectivity index (χ1n) is 9.68. The number of amides is 1. The number of nitrogens with zero attached hydrogens (tertiary/aromatic N) is 1. The first-order chi connectivity index (χ1) is 14.1. The summed E-state index contributed by atoms with van der Waals surface area (Å²) in [6.07, 6.45) is 0.391. The van der Waals surface area contributed by atoms with E-state index in [4.69, 9.17) is 4.74 Å². The van der Waals surface area contributed by atoms with E-state index in [1.165, 1.54) is 0 Å². The smallest absolute Gasteiger partial charge is 0.226 e. The van der Waals surface area contributed by atoms with Crippen LogP contribution in [0, 0.1) is 0 Å². The molecule has 2 N–H and O–H groups in total.